The summed E-state index contributed by atoms with van der Waals surface area (Å²) in [6.07, 6.45) is 1.68. The molecule has 0 aliphatic rings. The van der Waals surface area contributed by atoms with Crippen LogP contribution in [0.15, 0.2) is 18.3 Å². The maximum atomic E-state index is 4.03. The highest BCUT2D eigenvalue weighted by atomic mass is 15.2. The minimum atomic E-state index is 0.400. The van der Waals surface area contributed by atoms with E-state index in [9.17, 15) is 0 Å². The number of likely N-dealkylation sites (N-methyl/N-ethyl adjacent to an activating group) is 1. The van der Waals surface area contributed by atoms with Gasteiger partial charge >= 0.3 is 0 Å². The fraction of sp³-hybridized carbons (Fsp3) is 0.636. The Morgan fingerprint density at radius 2 is 2.13 bits per heavy atom. The Kier molecular flexibility index (Phi) is 4.49. The maximum absolute atomic E-state index is 4.03. The van der Waals surface area contributed by atoms with Crippen LogP contribution in [0.3, 0.4) is 0 Å². The first-order chi connectivity index (χ1) is 7.09. The van der Waals surface area contributed by atoms with Gasteiger partial charge in [-0.05, 0) is 32.1 Å². The molecule has 1 rings (SSSR count). The van der Waals surface area contributed by atoms with E-state index in [-0.39, 0.29) is 0 Å². The van der Waals surface area contributed by atoms with Crippen LogP contribution in [0.25, 0.3) is 0 Å². The van der Waals surface area contributed by atoms with Crippen LogP contribution in [0.5, 0.6) is 0 Å². The fourth-order valence-electron chi connectivity index (χ4n) is 1.38. The lowest BCUT2D eigenvalue weighted by Gasteiger charge is -2.25. The second-order valence-corrected chi connectivity index (χ2v) is 4.37. The predicted octanol–water partition coefficient (Wildman–Crippen LogP) is 1.47. The summed E-state index contributed by atoms with van der Waals surface area (Å²) in [7, 11) is 4.15. The highest BCUT2D eigenvalue weighted by molar-refractivity contribution is 5.33. The van der Waals surface area contributed by atoms with Gasteiger partial charge in [0.25, 0.3) is 0 Å². The van der Waals surface area contributed by atoms with Crippen LogP contribution >= 0.6 is 0 Å². The molecule has 0 amide bonds. The van der Waals surface area contributed by atoms with Crippen molar-refractivity contribution in [2.24, 2.45) is 5.92 Å². The van der Waals surface area contributed by atoms with E-state index < -0.39 is 0 Å². The van der Waals surface area contributed by atoms with E-state index in [1.807, 2.05) is 12.1 Å². The molecule has 84 valence electrons. The molecule has 1 heterocycles. The molecule has 0 bridgehead atoms. The number of nitrogens with zero attached hydrogens (tertiary/aromatic N) is 3. The van der Waals surface area contributed by atoms with Crippen LogP contribution < -0.4 is 5.32 Å². The Bertz CT molecular complexity index is 271. The Balaban J connectivity index is 2.59. The van der Waals surface area contributed by atoms with Crippen LogP contribution in [0.4, 0.5) is 5.82 Å². The van der Waals surface area contributed by atoms with Gasteiger partial charge in [-0.25, -0.2) is 0 Å². The normalized spacial score (nSPS) is 13.2. The van der Waals surface area contributed by atoms with Crippen LogP contribution in [-0.4, -0.2) is 41.8 Å². The highest BCUT2D eigenvalue weighted by Crippen LogP contribution is 2.09. The van der Waals surface area contributed by atoms with Crippen molar-refractivity contribution < 1.29 is 0 Å². The second kappa shape index (κ2) is 5.66. The largest absolute Gasteiger partial charge is 0.364 e. The molecule has 0 aromatic carbocycles. The molecule has 0 radical (unpaired) electrons. The van der Waals surface area contributed by atoms with E-state index in [1.54, 1.807) is 6.20 Å². The third-order valence-corrected chi connectivity index (χ3v) is 2.27. The minimum absolute atomic E-state index is 0.400. The SMILES string of the molecule is CC(C)C(CN(C)C)Nc1cccnn1. The molecule has 1 unspecified atom stereocenters. The monoisotopic (exact) mass is 208 g/mol. The Labute approximate surface area is 91.7 Å². The van der Waals surface area contributed by atoms with Crippen LogP contribution in [0, 0.1) is 5.92 Å². The van der Waals surface area contributed by atoms with Gasteiger partial charge in [-0.2, -0.15) is 5.10 Å². The number of nitrogens with one attached hydrogen (secondary N) is 1. The summed E-state index contributed by atoms with van der Waals surface area (Å²) in [6, 6.07) is 4.23. The first kappa shape index (κ1) is 11.9. The molecule has 0 fully saturated rings. The van der Waals surface area contributed by atoms with Crippen LogP contribution in [-0.2, 0) is 0 Å². The molecule has 0 aliphatic heterocycles. The van der Waals surface area contributed by atoms with E-state index >= 15 is 0 Å². The van der Waals surface area contributed by atoms with Gasteiger partial charge in [-0.1, -0.05) is 13.8 Å². The first-order valence-corrected chi connectivity index (χ1v) is 5.28. The number of anilines is 1. The standard InChI is InChI=1S/C11H20N4/c1-9(2)10(8-15(3)4)13-11-6-5-7-12-14-11/h5-7,9-10H,8H2,1-4H3,(H,13,14). The van der Waals surface area contributed by atoms with Crippen molar-refractivity contribution in [1.82, 2.24) is 15.1 Å². The van der Waals surface area contributed by atoms with Gasteiger partial charge in [0.05, 0.1) is 0 Å². The lowest BCUT2D eigenvalue weighted by molar-refractivity contribution is 0.344. The molecule has 4 heteroatoms. The zero-order valence-electron chi connectivity index (χ0n) is 9.94. The summed E-state index contributed by atoms with van der Waals surface area (Å²) in [5.41, 5.74) is 0. The molecular formula is C11H20N4. The van der Waals surface area contributed by atoms with E-state index in [2.05, 4.69) is 48.4 Å². The van der Waals surface area contributed by atoms with Crippen LogP contribution in [0.1, 0.15) is 13.8 Å². The number of aromatic nitrogens is 2. The zero-order valence-corrected chi connectivity index (χ0v) is 9.94. The molecule has 1 aromatic rings. The summed E-state index contributed by atoms with van der Waals surface area (Å²) < 4.78 is 0. The van der Waals surface area contributed by atoms with Crippen molar-refractivity contribution in [3.63, 3.8) is 0 Å². The lowest BCUT2D eigenvalue weighted by Crippen LogP contribution is -2.36. The van der Waals surface area contributed by atoms with Gasteiger partial charge in [0.15, 0.2) is 0 Å². The molecule has 1 N–H and O–H groups in total. The Morgan fingerprint density at radius 3 is 2.60 bits per heavy atom. The summed E-state index contributed by atoms with van der Waals surface area (Å²) >= 11 is 0. The Morgan fingerprint density at radius 1 is 1.40 bits per heavy atom. The second-order valence-electron chi connectivity index (χ2n) is 4.37. The van der Waals surface area contributed by atoms with Crippen molar-refractivity contribution in [3.8, 4) is 0 Å². The summed E-state index contributed by atoms with van der Waals surface area (Å²) in [5.74, 6) is 1.41. The van der Waals surface area contributed by atoms with Gasteiger partial charge in [0.2, 0.25) is 0 Å². The average molecular weight is 208 g/mol. The maximum Gasteiger partial charge on any atom is 0.148 e. The van der Waals surface area contributed by atoms with Crippen molar-refractivity contribution >= 4 is 5.82 Å². The van der Waals surface area contributed by atoms with Crippen molar-refractivity contribution in [3.05, 3.63) is 18.3 Å². The third-order valence-electron chi connectivity index (χ3n) is 2.27. The van der Waals surface area contributed by atoms with Crippen LogP contribution in [0.2, 0.25) is 0 Å². The average Bonchev–Trinajstić information content (AvgIpc) is 2.17. The topological polar surface area (TPSA) is 41.0 Å². The van der Waals surface area contributed by atoms with E-state index in [0.29, 0.717) is 12.0 Å². The van der Waals surface area contributed by atoms with E-state index in [0.717, 1.165) is 12.4 Å². The van der Waals surface area contributed by atoms with E-state index in [4.69, 9.17) is 0 Å². The third kappa shape index (κ3) is 4.25. The molecule has 0 saturated heterocycles. The van der Waals surface area contributed by atoms with Crippen molar-refractivity contribution in [2.45, 2.75) is 19.9 Å². The molecule has 1 atom stereocenters. The summed E-state index contributed by atoms with van der Waals surface area (Å²) in [4.78, 5) is 2.17. The molecule has 0 aliphatic carbocycles. The predicted molar refractivity (Wildman–Crippen MR) is 62.8 cm³/mol. The molecule has 0 saturated carbocycles. The van der Waals surface area contributed by atoms with Gasteiger partial charge in [-0.15, -0.1) is 5.10 Å². The number of rotatable bonds is 5. The van der Waals surface area contributed by atoms with Gasteiger partial charge < -0.3 is 10.2 Å². The van der Waals surface area contributed by atoms with Gasteiger partial charge in [0, 0.05) is 18.8 Å². The van der Waals surface area contributed by atoms with Gasteiger partial charge in [-0.3, -0.25) is 0 Å². The molecular weight excluding hydrogens is 188 g/mol. The fourth-order valence-corrected chi connectivity index (χ4v) is 1.38. The Hall–Kier alpha value is -1.16. The molecule has 1 aromatic heterocycles. The minimum Gasteiger partial charge on any atom is -0.364 e. The quantitative estimate of drug-likeness (QED) is 0.795. The van der Waals surface area contributed by atoms with Gasteiger partial charge in [0.1, 0.15) is 5.82 Å². The molecule has 15 heavy (non-hydrogen) atoms. The number of hydrogen-bond donors (Lipinski definition) is 1. The van der Waals surface area contributed by atoms with E-state index in [1.165, 1.54) is 0 Å². The molecule has 0 spiro atoms. The lowest BCUT2D eigenvalue weighted by atomic mass is 10.0. The summed E-state index contributed by atoms with van der Waals surface area (Å²) in [5, 5.41) is 11.3. The summed E-state index contributed by atoms with van der Waals surface area (Å²) in [6.45, 7) is 5.41. The van der Waals surface area contributed by atoms with Crippen molar-refractivity contribution in [1.29, 1.82) is 0 Å². The number of hydrogen-bond acceptors (Lipinski definition) is 4. The highest BCUT2D eigenvalue weighted by Gasteiger charge is 2.14. The zero-order chi connectivity index (χ0) is 11.3. The smallest absolute Gasteiger partial charge is 0.148 e. The molecule has 4 nitrogen and oxygen atoms in total. The van der Waals surface area contributed by atoms with Crippen molar-refractivity contribution in [2.75, 3.05) is 26.0 Å². The first-order valence-electron chi connectivity index (χ1n) is 5.28.